The van der Waals surface area contributed by atoms with Crippen molar-refractivity contribution >= 4 is 5.91 Å². The summed E-state index contributed by atoms with van der Waals surface area (Å²) in [6, 6.07) is 10.9. The molecule has 3 fully saturated rings. The lowest BCUT2D eigenvalue weighted by atomic mass is 9.66. The maximum absolute atomic E-state index is 13.5. The minimum absolute atomic E-state index is 0.220. The molecule has 0 aromatic heterocycles. The third-order valence-electron chi connectivity index (χ3n) is 6.71. The fourth-order valence-corrected chi connectivity index (χ4v) is 5.33. The zero-order chi connectivity index (χ0) is 17.4. The molecule has 25 heavy (non-hydrogen) atoms. The summed E-state index contributed by atoms with van der Waals surface area (Å²) in [5.74, 6) is 0.716. The number of nitrogens with one attached hydrogen (secondary N) is 1. The van der Waals surface area contributed by atoms with Gasteiger partial charge in [0, 0.05) is 12.5 Å². The number of amides is 1. The van der Waals surface area contributed by atoms with Crippen LogP contribution in [0.4, 0.5) is 0 Å². The van der Waals surface area contributed by atoms with Crippen molar-refractivity contribution in [3.63, 3.8) is 0 Å². The molecule has 1 heterocycles. The van der Waals surface area contributed by atoms with Gasteiger partial charge < -0.3 is 15.0 Å². The van der Waals surface area contributed by atoms with E-state index in [1.165, 1.54) is 12.0 Å². The normalized spacial score (nSPS) is 33.6. The van der Waals surface area contributed by atoms with E-state index < -0.39 is 0 Å². The van der Waals surface area contributed by atoms with Gasteiger partial charge in [-0.1, -0.05) is 49.6 Å². The molecule has 1 N–H and O–H groups in total. The average Bonchev–Trinajstić information content (AvgIpc) is 3.04. The van der Waals surface area contributed by atoms with Gasteiger partial charge in [-0.15, -0.1) is 0 Å². The van der Waals surface area contributed by atoms with E-state index in [2.05, 4.69) is 48.6 Å². The minimum atomic E-state index is -0.346. The first-order chi connectivity index (χ1) is 12.1. The van der Waals surface area contributed by atoms with Crippen LogP contribution in [0.3, 0.4) is 0 Å². The van der Waals surface area contributed by atoms with Crippen LogP contribution >= 0.6 is 0 Å². The largest absolute Gasteiger partial charge is 0.376 e. The molecule has 1 saturated heterocycles. The Kier molecular flexibility index (Phi) is 4.59. The summed E-state index contributed by atoms with van der Waals surface area (Å²) >= 11 is 0. The number of benzene rings is 1. The van der Waals surface area contributed by atoms with E-state index >= 15 is 0 Å². The van der Waals surface area contributed by atoms with Crippen LogP contribution in [0.5, 0.6) is 0 Å². The summed E-state index contributed by atoms with van der Waals surface area (Å²) in [6.45, 7) is 0.829. The molecule has 4 heteroatoms. The van der Waals surface area contributed by atoms with Gasteiger partial charge in [0.15, 0.2) is 0 Å². The third kappa shape index (κ3) is 2.80. The molecule has 1 aromatic rings. The van der Waals surface area contributed by atoms with E-state index in [-0.39, 0.29) is 17.4 Å². The highest BCUT2D eigenvalue weighted by atomic mass is 16.5. The molecule has 0 radical (unpaired) electrons. The summed E-state index contributed by atoms with van der Waals surface area (Å²) in [6.07, 6.45) is 6.81. The van der Waals surface area contributed by atoms with Crippen molar-refractivity contribution in [2.45, 2.75) is 62.1 Å². The van der Waals surface area contributed by atoms with Crippen LogP contribution < -0.4 is 5.32 Å². The molecule has 1 amide bonds. The molecule has 4 rings (SSSR count). The van der Waals surface area contributed by atoms with Crippen LogP contribution in [0.2, 0.25) is 0 Å². The van der Waals surface area contributed by atoms with Crippen molar-refractivity contribution < 1.29 is 9.53 Å². The highest BCUT2D eigenvalue weighted by Crippen LogP contribution is 2.44. The molecule has 136 valence electrons. The van der Waals surface area contributed by atoms with Gasteiger partial charge in [0.25, 0.3) is 0 Å². The minimum Gasteiger partial charge on any atom is -0.376 e. The van der Waals surface area contributed by atoms with Gasteiger partial charge in [0.1, 0.15) is 0 Å². The maximum Gasteiger partial charge on any atom is 0.230 e. The van der Waals surface area contributed by atoms with E-state index in [0.717, 1.165) is 38.7 Å². The van der Waals surface area contributed by atoms with E-state index in [9.17, 15) is 4.79 Å². The number of carbonyl (C=O) groups excluding carboxylic acids is 1. The molecule has 3 aliphatic rings. The van der Waals surface area contributed by atoms with Gasteiger partial charge in [0.2, 0.25) is 5.91 Å². The van der Waals surface area contributed by atoms with Gasteiger partial charge in [0.05, 0.1) is 23.6 Å². The molecule has 2 aliphatic carbocycles. The zero-order valence-corrected chi connectivity index (χ0v) is 15.4. The van der Waals surface area contributed by atoms with Crippen LogP contribution in [0, 0.1) is 5.92 Å². The standard InChI is InChI=1S/C21H30N2O2/c1-23(2)18-17(16-11-14-25-19(16)18)22-20(24)21(12-7-4-8-13-21)15-9-5-3-6-10-15/h3,5-6,9-10,16-19H,4,7-8,11-14H2,1-2H3,(H,22,24). The van der Waals surface area contributed by atoms with Gasteiger partial charge in [-0.05, 0) is 38.9 Å². The van der Waals surface area contributed by atoms with Crippen molar-refractivity contribution in [2.24, 2.45) is 5.92 Å². The Bertz CT molecular complexity index is 610. The fraction of sp³-hybridized carbons (Fsp3) is 0.667. The van der Waals surface area contributed by atoms with Crippen LogP contribution in [0.15, 0.2) is 30.3 Å². The molecule has 4 atom stereocenters. The Morgan fingerprint density at radius 2 is 1.88 bits per heavy atom. The predicted octanol–water partition coefficient (Wildman–Crippen LogP) is 2.72. The van der Waals surface area contributed by atoms with Gasteiger partial charge in [-0.2, -0.15) is 0 Å². The number of rotatable bonds is 4. The number of hydrogen-bond donors (Lipinski definition) is 1. The predicted molar refractivity (Wildman–Crippen MR) is 98.5 cm³/mol. The second-order valence-electron chi connectivity index (χ2n) is 8.25. The number of ether oxygens (including phenoxy) is 1. The maximum atomic E-state index is 13.5. The third-order valence-corrected chi connectivity index (χ3v) is 6.71. The Morgan fingerprint density at radius 1 is 1.16 bits per heavy atom. The summed E-state index contributed by atoms with van der Waals surface area (Å²) in [7, 11) is 4.19. The molecule has 4 unspecified atom stereocenters. The van der Waals surface area contributed by atoms with Gasteiger partial charge in [-0.25, -0.2) is 0 Å². The lowest BCUT2D eigenvalue weighted by molar-refractivity contribution is -0.134. The van der Waals surface area contributed by atoms with Crippen molar-refractivity contribution in [3.05, 3.63) is 35.9 Å². The molecule has 0 spiro atoms. The zero-order valence-electron chi connectivity index (χ0n) is 15.4. The molecule has 4 nitrogen and oxygen atoms in total. The lowest BCUT2D eigenvalue weighted by Crippen LogP contribution is -2.71. The lowest BCUT2D eigenvalue weighted by Gasteiger charge is -2.52. The van der Waals surface area contributed by atoms with Crippen molar-refractivity contribution in [2.75, 3.05) is 20.7 Å². The SMILES string of the molecule is CN(C)C1C(NC(=O)C2(c3ccccc3)CCCCC2)C2CCOC21. The highest BCUT2D eigenvalue weighted by molar-refractivity contribution is 5.88. The first-order valence-corrected chi connectivity index (χ1v) is 9.78. The first kappa shape index (κ1) is 17.0. The second kappa shape index (κ2) is 6.73. The Balaban J connectivity index is 1.57. The first-order valence-electron chi connectivity index (χ1n) is 9.78. The Morgan fingerprint density at radius 3 is 2.56 bits per heavy atom. The van der Waals surface area contributed by atoms with Gasteiger partial charge in [-0.3, -0.25) is 4.79 Å². The van der Waals surface area contributed by atoms with E-state index in [1.54, 1.807) is 0 Å². The van der Waals surface area contributed by atoms with E-state index in [4.69, 9.17) is 4.74 Å². The number of likely N-dealkylation sites (N-methyl/N-ethyl adjacent to an activating group) is 1. The van der Waals surface area contributed by atoms with E-state index in [0.29, 0.717) is 18.1 Å². The quantitative estimate of drug-likeness (QED) is 0.915. The molecule has 2 saturated carbocycles. The smallest absolute Gasteiger partial charge is 0.230 e. The number of carbonyl (C=O) groups is 1. The Hall–Kier alpha value is -1.39. The molecular weight excluding hydrogens is 312 g/mol. The van der Waals surface area contributed by atoms with Crippen molar-refractivity contribution in [1.82, 2.24) is 10.2 Å². The van der Waals surface area contributed by atoms with Crippen LogP contribution in [-0.4, -0.2) is 49.7 Å². The fourth-order valence-electron chi connectivity index (χ4n) is 5.33. The number of fused-ring (bicyclic) bond motifs is 1. The van der Waals surface area contributed by atoms with Crippen LogP contribution in [0.1, 0.15) is 44.1 Å². The highest BCUT2D eigenvalue weighted by Gasteiger charge is 2.56. The molecular formula is C21H30N2O2. The topological polar surface area (TPSA) is 41.6 Å². The summed E-state index contributed by atoms with van der Waals surface area (Å²) < 4.78 is 5.90. The van der Waals surface area contributed by atoms with Crippen LogP contribution in [-0.2, 0) is 14.9 Å². The number of nitrogens with zero attached hydrogens (tertiary/aromatic N) is 1. The summed E-state index contributed by atoms with van der Waals surface area (Å²) in [5.41, 5.74) is 0.841. The summed E-state index contributed by atoms with van der Waals surface area (Å²) in [5, 5.41) is 3.47. The second-order valence-corrected chi connectivity index (χ2v) is 8.25. The van der Waals surface area contributed by atoms with Crippen molar-refractivity contribution in [1.29, 1.82) is 0 Å². The monoisotopic (exact) mass is 342 g/mol. The van der Waals surface area contributed by atoms with Gasteiger partial charge >= 0.3 is 0 Å². The Labute approximate surface area is 150 Å². The van der Waals surface area contributed by atoms with Crippen LogP contribution in [0.25, 0.3) is 0 Å². The van der Waals surface area contributed by atoms with Crippen molar-refractivity contribution in [3.8, 4) is 0 Å². The summed E-state index contributed by atoms with van der Waals surface area (Å²) in [4.78, 5) is 15.7. The molecule has 0 bridgehead atoms. The average molecular weight is 342 g/mol. The van der Waals surface area contributed by atoms with E-state index in [1.807, 2.05) is 6.07 Å². The number of hydrogen-bond acceptors (Lipinski definition) is 3. The molecule has 1 aromatic carbocycles. The molecule has 1 aliphatic heterocycles.